The molecule has 0 spiro atoms. The molecule has 0 saturated heterocycles. The molecule has 3 rings (SSSR count). The molecule has 0 saturated carbocycles. The van der Waals surface area contributed by atoms with E-state index >= 15 is 0 Å². The number of rotatable bonds is 4. The van der Waals surface area contributed by atoms with Crippen molar-refractivity contribution in [1.82, 2.24) is 0 Å². The lowest BCUT2D eigenvalue weighted by molar-refractivity contribution is -0.117. The van der Waals surface area contributed by atoms with E-state index in [1.807, 2.05) is 36.2 Å². The van der Waals surface area contributed by atoms with Crippen molar-refractivity contribution in [1.29, 1.82) is 0 Å². The number of esters is 1. The number of likely N-dealkylation sites (N-methyl/N-ethyl adjacent to an activating group) is 1. The van der Waals surface area contributed by atoms with Gasteiger partial charge in [-0.2, -0.15) is 0 Å². The molecule has 0 unspecified atom stereocenters. The second kappa shape index (κ2) is 7.08. The summed E-state index contributed by atoms with van der Waals surface area (Å²) in [5.41, 5.74) is 3.28. The summed E-state index contributed by atoms with van der Waals surface area (Å²) in [6.45, 7) is 3.89. The Hall–Kier alpha value is -2.40. The van der Waals surface area contributed by atoms with Crippen LogP contribution in [0.2, 0.25) is 0 Å². The first-order valence-electron chi connectivity index (χ1n) is 8.31. The van der Waals surface area contributed by atoms with Gasteiger partial charge in [0.15, 0.2) is 12.4 Å². The van der Waals surface area contributed by atoms with Gasteiger partial charge < -0.3 is 9.64 Å². The van der Waals surface area contributed by atoms with Crippen molar-refractivity contribution in [2.75, 3.05) is 18.6 Å². The van der Waals surface area contributed by atoms with Gasteiger partial charge in [-0.1, -0.05) is 54.0 Å². The smallest absolute Gasteiger partial charge is 0.338 e. The zero-order valence-corrected chi connectivity index (χ0v) is 16.5. The highest BCUT2D eigenvalue weighted by molar-refractivity contribution is 9.10. The molecule has 1 heterocycles. The molecule has 2 aromatic carbocycles. The van der Waals surface area contributed by atoms with Crippen molar-refractivity contribution in [2.45, 2.75) is 19.3 Å². The van der Waals surface area contributed by atoms with Crippen LogP contribution in [0.5, 0.6) is 0 Å². The van der Waals surface area contributed by atoms with E-state index in [4.69, 9.17) is 4.74 Å². The van der Waals surface area contributed by atoms with Gasteiger partial charge in [-0.3, -0.25) is 4.79 Å². The van der Waals surface area contributed by atoms with E-state index in [-0.39, 0.29) is 17.8 Å². The summed E-state index contributed by atoms with van der Waals surface area (Å²) in [7, 11) is 1.94. The number of hydrogen-bond acceptors (Lipinski definition) is 4. The van der Waals surface area contributed by atoms with E-state index in [2.05, 4.69) is 35.8 Å². The van der Waals surface area contributed by atoms with Gasteiger partial charge in [0, 0.05) is 34.4 Å². The fraction of sp³-hybridized carbons (Fsp3) is 0.238. The van der Waals surface area contributed by atoms with Crippen LogP contribution in [-0.4, -0.2) is 25.4 Å². The summed E-state index contributed by atoms with van der Waals surface area (Å²) < 4.78 is 5.95. The minimum absolute atomic E-state index is 0.240. The number of ketones is 1. The van der Waals surface area contributed by atoms with Crippen molar-refractivity contribution < 1.29 is 14.3 Å². The Bertz CT molecular complexity index is 902. The third-order valence-corrected chi connectivity index (χ3v) is 5.14. The normalized spacial score (nSPS) is 16.5. The molecule has 1 aliphatic heterocycles. The number of carbonyl (C=O) groups excluding carboxylic acids is 2. The number of para-hydroxylation sites is 1. The van der Waals surface area contributed by atoms with Crippen molar-refractivity contribution in [2.24, 2.45) is 0 Å². The average Bonchev–Trinajstić information content (AvgIpc) is 2.81. The SMILES string of the molecule is CN1/C(=C/C(=O)COC(=O)c2cccc(Br)c2)C(C)(C)c2ccccc21. The third-order valence-electron chi connectivity index (χ3n) is 4.64. The summed E-state index contributed by atoms with van der Waals surface area (Å²) in [5.74, 6) is -0.753. The van der Waals surface area contributed by atoms with Crippen LogP contribution in [0.25, 0.3) is 0 Å². The topological polar surface area (TPSA) is 46.6 Å². The standard InChI is InChI=1S/C21H20BrNO3/c1-21(2)17-9-4-5-10-18(17)23(3)19(21)12-16(24)13-26-20(25)14-7-6-8-15(22)11-14/h4-12H,13H2,1-3H3/b19-12+. The molecule has 0 fully saturated rings. The first kappa shape index (κ1) is 18.4. The van der Waals surface area contributed by atoms with Crippen LogP contribution in [0, 0.1) is 0 Å². The van der Waals surface area contributed by atoms with Crippen molar-refractivity contribution in [3.63, 3.8) is 0 Å². The molecule has 26 heavy (non-hydrogen) atoms. The summed E-state index contributed by atoms with van der Waals surface area (Å²) in [6.07, 6.45) is 1.58. The Labute approximate surface area is 161 Å². The molecule has 0 atom stereocenters. The number of hydrogen-bond donors (Lipinski definition) is 0. The number of carbonyl (C=O) groups is 2. The van der Waals surface area contributed by atoms with Crippen LogP contribution < -0.4 is 4.90 Å². The second-order valence-electron chi connectivity index (χ2n) is 6.78. The molecule has 0 aliphatic carbocycles. The number of anilines is 1. The summed E-state index contributed by atoms with van der Waals surface area (Å²) in [5, 5.41) is 0. The predicted octanol–water partition coefficient (Wildman–Crippen LogP) is 4.49. The highest BCUT2D eigenvalue weighted by Crippen LogP contribution is 2.46. The Morgan fingerprint density at radius 1 is 1.15 bits per heavy atom. The van der Waals surface area contributed by atoms with E-state index in [1.165, 1.54) is 5.56 Å². The highest BCUT2D eigenvalue weighted by Gasteiger charge is 2.38. The van der Waals surface area contributed by atoms with Gasteiger partial charge in [0.05, 0.1) is 5.56 Å². The Morgan fingerprint density at radius 2 is 1.88 bits per heavy atom. The number of fused-ring (bicyclic) bond motifs is 1. The summed E-state index contributed by atoms with van der Waals surface area (Å²) in [6, 6.07) is 15.0. The zero-order chi connectivity index (χ0) is 18.9. The minimum atomic E-state index is -0.514. The largest absolute Gasteiger partial charge is 0.454 e. The number of ether oxygens (including phenoxy) is 1. The van der Waals surface area contributed by atoms with Gasteiger partial charge in [-0.15, -0.1) is 0 Å². The van der Waals surface area contributed by atoms with Gasteiger partial charge in [-0.05, 0) is 29.8 Å². The fourth-order valence-electron chi connectivity index (χ4n) is 3.29. The first-order chi connectivity index (χ1) is 12.3. The molecule has 2 aromatic rings. The van der Waals surface area contributed by atoms with Crippen molar-refractivity contribution in [3.05, 3.63) is 75.9 Å². The van der Waals surface area contributed by atoms with Crippen molar-refractivity contribution in [3.8, 4) is 0 Å². The number of benzene rings is 2. The number of allylic oxidation sites excluding steroid dienone is 1. The molecule has 134 valence electrons. The van der Waals surface area contributed by atoms with Crippen LogP contribution >= 0.6 is 15.9 Å². The second-order valence-corrected chi connectivity index (χ2v) is 7.70. The molecular formula is C21H20BrNO3. The average molecular weight is 414 g/mol. The maximum absolute atomic E-state index is 12.4. The van der Waals surface area contributed by atoms with E-state index < -0.39 is 5.97 Å². The van der Waals surface area contributed by atoms with E-state index in [0.717, 1.165) is 15.9 Å². The molecule has 0 N–H and O–H groups in total. The molecule has 5 heteroatoms. The van der Waals surface area contributed by atoms with Gasteiger partial charge in [0.2, 0.25) is 0 Å². The molecule has 1 aliphatic rings. The van der Waals surface area contributed by atoms with Crippen LogP contribution in [0.1, 0.15) is 29.8 Å². The van der Waals surface area contributed by atoms with Gasteiger partial charge in [0.25, 0.3) is 0 Å². The van der Waals surface area contributed by atoms with Crippen LogP contribution in [-0.2, 0) is 14.9 Å². The molecular weight excluding hydrogens is 394 g/mol. The lowest BCUT2D eigenvalue weighted by atomic mass is 9.83. The first-order valence-corrected chi connectivity index (χ1v) is 9.11. The Morgan fingerprint density at radius 3 is 2.58 bits per heavy atom. The molecule has 0 bridgehead atoms. The zero-order valence-electron chi connectivity index (χ0n) is 15.0. The summed E-state index contributed by atoms with van der Waals surface area (Å²) >= 11 is 3.31. The van der Waals surface area contributed by atoms with Gasteiger partial charge in [-0.25, -0.2) is 4.79 Å². The fourth-order valence-corrected chi connectivity index (χ4v) is 3.69. The minimum Gasteiger partial charge on any atom is -0.454 e. The maximum atomic E-state index is 12.4. The molecule has 4 nitrogen and oxygen atoms in total. The quantitative estimate of drug-likeness (QED) is 0.547. The number of nitrogens with zero attached hydrogens (tertiary/aromatic N) is 1. The van der Waals surface area contributed by atoms with Crippen LogP contribution in [0.3, 0.4) is 0 Å². The van der Waals surface area contributed by atoms with Gasteiger partial charge >= 0.3 is 5.97 Å². The molecule has 0 amide bonds. The van der Waals surface area contributed by atoms with E-state index in [0.29, 0.717) is 5.56 Å². The maximum Gasteiger partial charge on any atom is 0.338 e. The highest BCUT2D eigenvalue weighted by atomic mass is 79.9. The Balaban J connectivity index is 1.72. The monoisotopic (exact) mass is 413 g/mol. The van der Waals surface area contributed by atoms with E-state index in [1.54, 1.807) is 24.3 Å². The van der Waals surface area contributed by atoms with Crippen LogP contribution in [0.15, 0.2) is 64.8 Å². The molecule has 0 aromatic heterocycles. The Kier molecular flexibility index (Phi) is 5.01. The third kappa shape index (κ3) is 3.44. The van der Waals surface area contributed by atoms with E-state index in [9.17, 15) is 9.59 Å². The predicted molar refractivity (Wildman–Crippen MR) is 105 cm³/mol. The molecule has 0 radical (unpaired) electrons. The van der Waals surface area contributed by atoms with Crippen molar-refractivity contribution >= 4 is 33.4 Å². The van der Waals surface area contributed by atoms with Gasteiger partial charge in [0.1, 0.15) is 0 Å². The summed E-state index contributed by atoms with van der Waals surface area (Å²) in [4.78, 5) is 26.5. The lowest BCUT2D eigenvalue weighted by Gasteiger charge is -2.23. The number of halogens is 1. The lowest BCUT2D eigenvalue weighted by Crippen LogP contribution is -2.25. The van der Waals surface area contributed by atoms with Crippen LogP contribution in [0.4, 0.5) is 5.69 Å².